The van der Waals surface area contributed by atoms with E-state index in [4.69, 9.17) is 5.73 Å². The fourth-order valence-corrected chi connectivity index (χ4v) is 1.88. The van der Waals surface area contributed by atoms with Crippen molar-refractivity contribution in [3.63, 3.8) is 0 Å². The molecule has 0 saturated heterocycles. The number of nitrogens with one attached hydrogen (secondary N) is 2. The molecule has 7 heteroatoms. The summed E-state index contributed by atoms with van der Waals surface area (Å²) >= 11 is 0. The van der Waals surface area contributed by atoms with Gasteiger partial charge < -0.3 is 20.9 Å². The molecule has 21 heavy (non-hydrogen) atoms. The second-order valence-corrected chi connectivity index (χ2v) is 5.94. The molecular formula is C14H23N7. The van der Waals surface area contributed by atoms with Crippen molar-refractivity contribution >= 4 is 17.3 Å². The number of hydrogen-bond acceptors (Lipinski definition) is 6. The predicted molar refractivity (Wildman–Crippen MR) is 85.2 cm³/mol. The standard InChI is InChI=1S/C14H23N7/c1-14(2,3)20-13-11(15)12(18-9-19-13)17-5-4-7-21-8-6-16-10-21/h6,8-10H,4-5,7,15H2,1-3H3,(H2,17,18,19,20). The molecule has 0 fully saturated rings. The van der Waals surface area contributed by atoms with Gasteiger partial charge in [-0.15, -0.1) is 0 Å². The Bertz CT molecular complexity index is 557. The molecule has 2 aromatic heterocycles. The van der Waals surface area contributed by atoms with Crippen molar-refractivity contribution < 1.29 is 0 Å². The Balaban J connectivity index is 1.89. The lowest BCUT2D eigenvalue weighted by Gasteiger charge is -2.22. The Morgan fingerprint density at radius 2 is 2.00 bits per heavy atom. The second kappa shape index (κ2) is 6.43. The molecule has 2 rings (SSSR count). The van der Waals surface area contributed by atoms with Gasteiger partial charge in [0.15, 0.2) is 11.6 Å². The van der Waals surface area contributed by atoms with E-state index in [2.05, 4.69) is 46.4 Å². The topological polar surface area (TPSA) is 93.7 Å². The summed E-state index contributed by atoms with van der Waals surface area (Å²) in [4.78, 5) is 12.4. The smallest absolute Gasteiger partial charge is 0.155 e. The first-order valence-electron chi connectivity index (χ1n) is 7.04. The highest BCUT2D eigenvalue weighted by Gasteiger charge is 2.14. The molecule has 0 aliphatic carbocycles. The van der Waals surface area contributed by atoms with Gasteiger partial charge in [-0.2, -0.15) is 0 Å². The Hall–Kier alpha value is -2.31. The summed E-state index contributed by atoms with van der Waals surface area (Å²) < 4.78 is 2.04. The summed E-state index contributed by atoms with van der Waals surface area (Å²) in [6.45, 7) is 7.88. The highest BCUT2D eigenvalue weighted by Crippen LogP contribution is 2.24. The summed E-state index contributed by atoms with van der Waals surface area (Å²) in [6, 6.07) is 0. The average Bonchev–Trinajstić information content (AvgIpc) is 2.90. The van der Waals surface area contributed by atoms with Gasteiger partial charge in [-0.25, -0.2) is 15.0 Å². The molecule has 0 bridgehead atoms. The van der Waals surface area contributed by atoms with E-state index in [0.717, 1.165) is 19.5 Å². The van der Waals surface area contributed by atoms with Crippen LogP contribution in [-0.4, -0.2) is 31.6 Å². The van der Waals surface area contributed by atoms with E-state index in [-0.39, 0.29) is 5.54 Å². The largest absolute Gasteiger partial charge is 0.393 e. The van der Waals surface area contributed by atoms with Crippen LogP contribution >= 0.6 is 0 Å². The van der Waals surface area contributed by atoms with Crippen LogP contribution in [0.25, 0.3) is 0 Å². The van der Waals surface area contributed by atoms with Crippen molar-refractivity contribution in [3.05, 3.63) is 25.0 Å². The summed E-state index contributed by atoms with van der Waals surface area (Å²) in [5.41, 5.74) is 6.56. The number of anilines is 3. The first-order chi connectivity index (χ1) is 9.96. The Labute approximate surface area is 125 Å². The molecule has 0 amide bonds. The molecule has 0 radical (unpaired) electrons. The van der Waals surface area contributed by atoms with Crippen LogP contribution in [0, 0.1) is 0 Å². The van der Waals surface area contributed by atoms with Gasteiger partial charge in [-0.1, -0.05) is 0 Å². The average molecular weight is 289 g/mol. The van der Waals surface area contributed by atoms with Crippen LogP contribution in [0.3, 0.4) is 0 Å². The van der Waals surface area contributed by atoms with Crippen molar-refractivity contribution in [2.24, 2.45) is 0 Å². The van der Waals surface area contributed by atoms with Crippen LogP contribution in [-0.2, 0) is 6.54 Å². The zero-order valence-corrected chi connectivity index (χ0v) is 12.8. The van der Waals surface area contributed by atoms with E-state index in [1.165, 1.54) is 6.33 Å². The maximum Gasteiger partial charge on any atom is 0.155 e. The molecule has 0 aliphatic rings. The van der Waals surface area contributed by atoms with Gasteiger partial charge in [0.2, 0.25) is 0 Å². The van der Waals surface area contributed by atoms with Crippen LogP contribution in [0.1, 0.15) is 27.2 Å². The first kappa shape index (κ1) is 15.1. The molecule has 0 spiro atoms. The minimum atomic E-state index is -0.0961. The minimum Gasteiger partial charge on any atom is -0.393 e. The third kappa shape index (κ3) is 4.62. The van der Waals surface area contributed by atoms with Gasteiger partial charge in [0, 0.05) is 31.0 Å². The van der Waals surface area contributed by atoms with Crippen LogP contribution < -0.4 is 16.4 Å². The van der Waals surface area contributed by atoms with Crippen LogP contribution in [0.4, 0.5) is 17.3 Å². The SMILES string of the molecule is CC(C)(C)Nc1ncnc(NCCCn2ccnc2)c1N. The molecule has 0 aromatic carbocycles. The summed E-state index contributed by atoms with van der Waals surface area (Å²) in [5.74, 6) is 1.33. The first-order valence-corrected chi connectivity index (χ1v) is 7.04. The lowest BCUT2D eigenvalue weighted by atomic mass is 10.1. The summed E-state index contributed by atoms with van der Waals surface area (Å²) in [7, 11) is 0. The molecule has 0 atom stereocenters. The summed E-state index contributed by atoms with van der Waals surface area (Å²) in [5, 5.41) is 6.53. The van der Waals surface area contributed by atoms with E-state index < -0.39 is 0 Å². The van der Waals surface area contributed by atoms with Crippen molar-refractivity contribution in [2.75, 3.05) is 22.9 Å². The second-order valence-electron chi connectivity index (χ2n) is 5.94. The maximum atomic E-state index is 6.10. The third-order valence-electron chi connectivity index (χ3n) is 2.82. The molecule has 0 aliphatic heterocycles. The van der Waals surface area contributed by atoms with Crippen molar-refractivity contribution in [3.8, 4) is 0 Å². The van der Waals surface area contributed by atoms with Crippen molar-refractivity contribution in [1.29, 1.82) is 0 Å². The normalized spacial score (nSPS) is 11.4. The van der Waals surface area contributed by atoms with Crippen LogP contribution in [0.5, 0.6) is 0 Å². The van der Waals surface area contributed by atoms with E-state index in [1.54, 1.807) is 6.20 Å². The third-order valence-corrected chi connectivity index (χ3v) is 2.82. The van der Waals surface area contributed by atoms with Crippen LogP contribution in [0.15, 0.2) is 25.0 Å². The van der Waals surface area contributed by atoms with E-state index in [0.29, 0.717) is 17.3 Å². The molecule has 4 N–H and O–H groups in total. The van der Waals surface area contributed by atoms with E-state index in [9.17, 15) is 0 Å². The Morgan fingerprint density at radius 3 is 2.67 bits per heavy atom. The maximum absolute atomic E-state index is 6.10. The fourth-order valence-electron chi connectivity index (χ4n) is 1.88. The van der Waals surface area contributed by atoms with Gasteiger partial charge in [0.25, 0.3) is 0 Å². The monoisotopic (exact) mass is 289 g/mol. The Morgan fingerprint density at radius 1 is 1.24 bits per heavy atom. The van der Waals surface area contributed by atoms with Gasteiger partial charge >= 0.3 is 0 Å². The lowest BCUT2D eigenvalue weighted by molar-refractivity contribution is 0.630. The van der Waals surface area contributed by atoms with Gasteiger partial charge in [-0.3, -0.25) is 0 Å². The number of nitrogens with two attached hydrogens (primary N) is 1. The number of nitrogens with zero attached hydrogens (tertiary/aromatic N) is 4. The van der Waals surface area contributed by atoms with Crippen molar-refractivity contribution in [2.45, 2.75) is 39.3 Å². The number of imidazole rings is 1. The molecular weight excluding hydrogens is 266 g/mol. The number of rotatable bonds is 6. The lowest BCUT2D eigenvalue weighted by Crippen LogP contribution is -2.27. The molecule has 7 nitrogen and oxygen atoms in total. The number of hydrogen-bond donors (Lipinski definition) is 3. The minimum absolute atomic E-state index is 0.0961. The number of aromatic nitrogens is 4. The van der Waals surface area contributed by atoms with E-state index in [1.807, 2.05) is 17.1 Å². The summed E-state index contributed by atoms with van der Waals surface area (Å²) in [6.07, 6.45) is 8.01. The molecule has 0 unspecified atom stereocenters. The molecule has 2 aromatic rings. The molecule has 114 valence electrons. The fraction of sp³-hybridized carbons (Fsp3) is 0.500. The van der Waals surface area contributed by atoms with Crippen molar-refractivity contribution in [1.82, 2.24) is 19.5 Å². The van der Waals surface area contributed by atoms with Gasteiger partial charge in [0.1, 0.15) is 12.0 Å². The number of nitrogen functional groups attached to an aromatic ring is 1. The highest BCUT2D eigenvalue weighted by atomic mass is 15.1. The van der Waals surface area contributed by atoms with Gasteiger partial charge in [0.05, 0.1) is 6.33 Å². The zero-order chi connectivity index (χ0) is 15.3. The number of aryl methyl sites for hydroxylation is 1. The highest BCUT2D eigenvalue weighted by molar-refractivity contribution is 5.74. The van der Waals surface area contributed by atoms with Gasteiger partial charge in [-0.05, 0) is 27.2 Å². The molecule has 0 saturated carbocycles. The quantitative estimate of drug-likeness (QED) is 0.704. The predicted octanol–water partition coefficient (Wildman–Crippen LogP) is 1.97. The van der Waals surface area contributed by atoms with E-state index >= 15 is 0 Å². The zero-order valence-electron chi connectivity index (χ0n) is 12.8. The molecule has 2 heterocycles. The van der Waals surface area contributed by atoms with Crippen LogP contribution in [0.2, 0.25) is 0 Å². The Kier molecular flexibility index (Phi) is 4.62.